The summed E-state index contributed by atoms with van der Waals surface area (Å²) in [6, 6.07) is 3.71. The molecule has 0 aliphatic heterocycles. The molecule has 17 heavy (non-hydrogen) atoms. The highest BCUT2D eigenvalue weighted by atomic mass is 35.5. The lowest BCUT2D eigenvalue weighted by Gasteiger charge is -2.30. The van der Waals surface area contributed by atoms with E-state index in [2.05, 4.69) is 10.3 Å². The maximum Gasteiger partial charge on any atom is 0.139 e. The molecule has 0 atom stereocenters. The Morgan fingerprint density at radius 3 is 2.76 bits per heavy atom. The number of anilines is 1. The summed E-state index contributed by atoms with van der Waals surface area (Å²) in [6.07, 6.45) is 4.18. The van der Waals surface area contributed by atoms with Gasteiger partial charge < -0.3 is 9.73 Å². The number of fused-ring (bicyclic) bond motifs is 1. The maximum absolute atomic E-state index is 6.00. The molecule has 3 nitrogen and oxygen atoms in total. The number of hydrogen-bond acceptors (Lipinski definition) is 3. The Labute approximate surface area is 110 Å². The number of pyridine rings is 1. The van der Waals surface area contributed by atoms with E-state index in [4.69, 9.17) is 27.6 Å². The van der Waals surface area contributed by atoms with Gasteiger partial charge in [-0.05, 0) is 18.6 Å². The fraction of sp³-hybridized carbons (Fsp3) is 0.417. The van der Waals surface area contributed by atoms with E-state index >= 15 is 0 Å². The molecule has 2 rings (SSSR count). The Morgan fingerprint density at radius 2 is 2.12 bits per heavy atom. The number of nitrogens with zero attached hydrogens (tertiary/aromatic N) is 1. The standard InChI is InChI=1S/C12H14Cl2N2O/c1-2-12(7-13,8-14)16-11-9-4-6-17-10(9)3-5-15-11/h3-6H,2,7-8H2,1H3,(H,15,16). The third kappa shape index (κ3) is 2.35. The number of hydrogen-bond donors (Lipinski definition) is 1. The van der Waals surface area contributed by atoms with Crippen molar-refractivity contribution in [3.8, 4) is 0 Å². The molecular weight excluding hydrogens is 259 g/mol. The van der Waals surface area contributed by atoms with Crippen LogP contribution in [0.2, 0.25) is 0 Å². The summed E-state index contributed by atoms with van der Waals surface area (Å²) >= 11 is 12.0. The summed E-state index contributed by atoms with van der Waals surface area (Å²) in [5.41, 5.74) is 0.471. The van der Waals surface area contributed by atoms with Crippen LogP contribution in [0.3, 0.4) is 0 Å². The van der Waals surface area contributed by atoms with Gasteiger partial charge in [-0.2, -0.15) is 0 Å². The molecule has 0 spiro atoms. The SMILES string of the molecule is CCC(CCl)(CCl)Nc1nccc2occc12. The van der Waals surface area contributed by atoms with Crippen LogP contribution >= 0.6 is 23.2 Å². The van der Waals surface area contributed by atoms with Crippen LogP contribution in [0.15, 0.2) is 29.0 Å². The predicted octanol–water partition coefficient (Wildman–Crippen LogP) is 3.87. The van der Waals surface area contributed by atoms with Crippen molar-refractivity contribution >= 4 is 40.0 Å². The van der Waals surface area contributed by atoms with Gasteiger partial charge in [-0.15, -0.1) is 23.2 Å². The highest BCUT2D eigenvalue weighted by Crippen LogP contribution is 2.27. The molecule has 0 saturated heterocycles. The van der Waals surface area contributed by atoms with Gasteiger partial charge in [0.05, 0.1) is 17.2 Å². The van der Waals surface area contributed by atoms with Gasteiger partial charge in [0, 0.05) is 18.0 Å². The second-order valence-electron chi connectivity index (χ2n) is 4.02. The van der Waals surface area contributed by atoms with Crippen molar-refractivity contribution in [3.05, 3.63) is 24.6 Å². The first-order chi connectivity index (χ1) is 8.24. The molecule has 2 heterocycles. The normalized spacial score (nSPS) is 11.9. The lowest BCUT2D eigenvalue weighted by molar-refractivity contribution is 0.558. The topological polar surface area (TPSA) is 38.1 Å². The Kier molecular flexibility index (Phi) is 3.79. The van der Waals surface area contributed by atoms with Crippen LogP contribution in [0.1, 0.15) is 13.3 Å². The van der Waals surface area contributed by atoms with Crippen LogP contribution in [-0.4, -0.2) is 22.3 Å². The lowest BCUT2D eigenvalue weighted by atomic mass is 10.0. The third-order valence-corrected chi connectivity index (χ3v) is 3.97. The molecular formula is C12H14Cl2N2O. The first-order valence-corrected chi connectivity index (χ1v) is 6.54. The van der Waals surface area contributed by atoms with E-state index in [9.17, 15) is 0 Å². The van der Waals surface area contributed by atoms with E-state index in [0.717, 1.165) is 23.2 Å². The van der Waals surface area contributed by atoms with Gasteiger partial charge in [0.15, 0.2) is 0 Å². The van der Waals surface area contributed by atoms with Crippen molar-refractivity contribution in [2.75, 3.05) is 17.1 Å². The quantitative estimate of drug-likeness (QED) is 0.840. The largest absolute Gasteiger partial charge is 0.464 e. The maximum atomic E-state index is 6.00. The van der Waals surface area contributed by atoms with Crippen LogP contribution < -0.4 is 5.32 Å². The van der Waals surface area contributed by atoms with Crippen molar-refractivity contribution in [1.29, 1.82) is 0 Å². The molecule has 0 bridgehead atoms. The molecule has 0 unspecified atom stereocenters. The fourth-order valence-corrected chi connectivity index (χ4v) is 2.42. The molecule has 92 valence electrons. The minimum Gasteiger partial charge on any atom is -0.464 e. The first kappa shape index (κ1) is 12.5. The smallest absolute Gasteiger partial charge is 0.139 e. The van der Waals surface area contributed by atoms with Crippen LogP contribution in [0.25, 0.3) is 11.0 Å². The van der Waals surface area contributed by atoms with E-state index in [1.807, 2.05) is 19.1 Å². The van der Waals surface area contributed by atoms with Crippen molar-refractivity contribution in [2.45, 2.75) is 18.9 Å². The second kappa shape index (κ2) is 5.15. The van der Waals surface area contributed by atoms with Crippen molar-refractivity contribution in [1.82, 2.24) is 4.98 Å². The Bertz CT molecular complexity index is 486. The number of halogens is 2. The van der Waals surface area contributed by atoms with E-state index in [0.29, 0.717) is 11.8 Å². The summed E-state index contributed by atoms with van der Waals surface area (Å²) in [4.78, 5) is 4.32. The minimum absolute atomic E-state index is 0.332. The second-order valence-corrected chi connectivity index (χ2v) is 4.55. The van der Waals surface area contributed by atoms with E-state index < -0.39 is 0 Å². The van der Waals surface area contributed by atoms with Crippen LogP contribution in [0.5, 0.6) is 0 Å². The molecule has 0 aromatic carbocycles. The predicted molar refractivity (Wildman–Crippen MR) is 72.1 cm³/mol. The van der Waals surface area contributed by atoms with Gasteiger partial charge in [0.1, 0.15) is 11.4 Å². The van der Waals surface area contributed by atoms with E-state index in [-0.39, 0.29) is 5.54 Å². The summed E-state index contributed by atoms with van der Waals surface area (Å²) in [7, 11) is 0. The summed E-state index contributed by atoms with van der Waals surface area (Å²) in [5.74, 6) is 1.63. The molecule has 5 heteroatoms. The number of rotatable bonds is 5. The molecule has 2 aromatic rings. The zero-order chi connectivity index (χ0) is 12.3. The third-order valence-electron chi connectivity index (χ3n) is 2.95. The van der Waals surface area contributed by atoms with Crippen molar-refractivity contribution < 1.29 is 4.42 Å². The van der Waals surface area contributed by atoms with Crippen LogP contribution in [-0.2, 0) is 0 Å². The van der Waals surface area contributed by atoms with Gasteiger partial charge in [0.2, 0.25) is 0 Å². The average molecular weight is 273 g/mol. The highest BCUT2D eigenvalue weighted by molar-refractivity contribution is 6.22. The van der Waals surface area contributed by atoms with E-state index in [1.54, 1.807) is 12.5 Å². The molecule has 0 amide bonds. The highest BCUT2D eigenvalue weighted by Gasteiger charge is 2.27. The molecule has 0 aliphatic carbocycles. The minimum atomic E-state index is -0.332. The molecule has 0 saturated carbocycles. The van der Waals surface area contributed by atoms with Crippen molar-refractivity contribution in [2.24, 2.45) is 0 Å². The Morgan fingerprint density at radius 1 is 1.35 bits per heavy atom. The van der Waals surface area contributed by atoms with Crippen LogP contribution in [0.4, 0.5) is 5.82 Å². The van der Waals surface area contributed by atoms with Gasteiger partial charge in [-0.25, -0.2) is 4.98 Å². The molecule has 0 fully saturated rings. The molecule has 0 aliphatic rings. The van der Waals surface area contributed by atoms with Crippen LogP contribution in [0, 0.1) is 0 Å². The number of furan rings is 1. The summed E-state index contributed by atoms with van der Waals surface area (Å²) in [6.45, 7) is 2.05. The number of nitrogens with one attached hydrogen (secondary N) is 1. The summed E-state index contributed by atoms with van der Waals surface area (Å²) < 4.78 is 5.33. The number of aromatic nitrogens is 1. The molecule has 0 radical (unpaired) electrons. The van der Waals surface area contributed by atoms with Gasteiger partial charge in [-0.3, -0.25) is 0 Å². The van der Waals surface area contributed by atoms with Crippen molar-refractivity contribution in [3.63, 3.8) is 0 Å². The fourth-order valence-electron chi connectivity index (χ4n) is 1.63. The Balaban J connectivity index is 2.37. The lowest BCUT2D eigenvalue weighted by Crippen LogP contribution is -2.42. The number of alkyl halides is 2. The van der Waals surface area contributed by atoms with Gasteiger partial charge in [-0.1, -0.05) is 6.92 Å². The van der Waals surface area contributed by atoms with Gasteiger partial charge >= 0.3 is 0 Å². The zero-order valence-electron chi connectivity index (χ0n) is 9.54. The summed E-state index contributed by atoms with van der Waals surface area (Å²) in [5, 5.41) is 4.28. The molecule has 1 N–H and O–H groups in total. The first-order valence-electron chi connectivity index (χ1n) is 5.47. The van der Waals surface area contributed by atoms with E-state index in [1.165, 1.54) is 0 Å². The Hall–Kier alpha value is -0.930. The zero-order valence-corrected chi connectivity index (χ0v) is 11.1. The molecule has 2 aromatic heterocycles. The monoisotopic (exact) mass is 272 g/mol. The van der Waals surface area contributed by atoms with Gasteiger partial charge in [0.25, 0.3) is 0 Å². The average Bonchev–Trinajstić information content (AvgIpc) is 2.85.